The van der Waals surface area contributed by atoms with Crippen molar-refractivity contribution in [3.8, 4) is 0 Å². The first-order chi connectivity index (χ1) is 8.24. The lowest BCUT2D eigenvalue weighted by Crippen LogP contribution is -2.07. The Morgan fingerprint density at radius 1 is 0.941 bits per heavy atom. The molecule has 0 saturated carbocycles. The molecule has 0 amide bonds. The molecule has 0 aliphatic rings. The molecular weight excluding hydrogens is 219 g/mol. The predicted octanol–water partition coefficient (Wildman–Crippen LogP) is 2.87. The highest BCUT2D eigenvalue weighted by atomic mass is 19.1. The van der Waals surface area contributed by atoms with Gasteiger partial charge in [0.1, 0.15) is 5.82 Å². The number of hydrogen-bond acceptors (Lipinski definition) is 2. The van der Waals surface area contributed by atoms with Crippen LogP contribution in [-0.4, -0.2) is 12.1 Å². The van der Waals surface area contributed by atoms with E-state index in [0.717, 1.165) is 0 Å². The summed E-state index contributed by atoms with van der Waals surface area (Å²) in [5.41, 5.74) is 0.454. The Hall–Kier alpha value is -2.29. The van der Waals surface area contributed by atoms with Gasteiger partial charge in [0.05, 0.1) is 5.56 Å². The van der Waals surface area contributed by atoms with E-state index in [-0.39, 0.29) is 16.7 Å². The first kappa shape index (κ1) is 11.2. The molecule has 0 bridgehead atoms. The third-order valence-corrected chi connectivity index (χ3v) is 2.45. The second kappa shape index (κ2) is 4.70. The molecule has 0 saturated heterocycles. The van der Waals surface area contributed by atoms with E-state index < -0.39 is 11.6 Å². The molecule has 0 aromatic heterocycles. The maximum absolute atomic E-state index is 13.5. The van der Waals surface area contributed by atoms with Crippen molar-refractivity contribution in [3.05, 3.63) is 71.0 Å². The Bertz CT molecular complexity index is 576. The van der Waals surface area contributed by atoms with Crippen molar-refractivity contribution in [1.29, 1.82) is 0 Å². The molecule has 17 heavy (non-hydrogen) atoms. The highest BCUT2D eigenvalue weighted by Crippen LogP contribution is 2.15. The van der Waals surface area contributed by atoms with Crippen molar-refractivity contribution in [3.63, 3.8) is 0 Å². The minimum Gasteiger partial charge on any atom is -0.298 e. The van der Waals surface area contributed by atoms with Crippen molar-refractivity contribution < 1.29 is 14.0 Å². The number of carbonyl (C=O) groups excluding carboxylic acids is 2. The summed E-state index contributed by atoms with van der Waals surface area (Å²) in [6.45, 7) is 0. The Kier molecular flexibility index (Phi) is 3.10. The van der Waals surface area contributed by atoms with Crippen LogP contribution in [0.1, 0.15) is 26.3 Å². The van der Waals surface area contributed by atoms with Crippen LogP contribution in [0.15, 0.2) is 48.5 Å². The quantitative estimate of drug-likeness (QED) is 0.598. The molecule has 2 rings (SSSR count). The lowest BCUT2D eigenvalue weighted by Gasteiger charge is -2.04. The number of benzene rings is 2. The monoisotopic (exact) mass is 228 g/mol. The fourth-order valence-corrected chi connectivity index (χ4v) is 1.60. The Morgan fingerprint density at radius 3 is 2.18 bits per heavy atom. The summed E-state index contributed by atoms with van der Waals surface area (Å²) in [7, 11) is 0. The van der Waals surface area contributed by atoms with Crippen molar-refractivity contribution >= 4 is 12.1 Å². The molecule has 0 aliphatic heterocycles. The molecule has 0 heterocycles. The van der Waals surface area contributed by atoms with Crippen LogP contribution in [-0.2, 0) is 0 Å². The van der Waals surface area contributed by atoms with E-state index in [4.69, 9.17) is 0 Å². The van der Waals surface area contributed by atoms with Crippen molar-refractivity contribution in [2.45, 2.75) is 0 Å². The van der Waals surface area contributed by atoms with Gasteiger partial charge >= 0.3 is 0 Å². The molecule has 0 unspecified atom stereocenters. The third-order valence-electron chi connectivity index (χ3n) is 2.45. The zero-order valence-electron chi connectivity index (χ0n) is 8.89. The van der Waals surface area contributed by atoms with Gasteiger partial charge in [-0.05, 0) is 12.1 Å². The van der Waals surface area contributed by atoms with Crippen LogP contribution in [0.3, 0.4) is 0 Å². The van der Waals surface area contributed by atoms with Gasteiger partial charge < -0.3 is 0 Å². The van der Waals surface area contributed by atoms with Gasteiger partial charge in [-0.2, -0.15) is 0 Å². The van der Waals surface area contributed by atoms with Crippen LogP contribution in [0.25, 0.3) is 0 Å². The molecule has 0 spiro atoms. The zero-order valence-corrected chi connectivity index (χ0v) is 8.89. The summed E-state index contributed by atoms with van der Waals surface area (Å²) >= 11 is 0. The van der Waals surface area contributed by atoms with Crippen LogP contribution in [0.2, 0.25) is 0 Å². The number of hydrogen-bond donors (Lipinski definition) is 0. The topological polar surface area (TPSA) is 34.1 Å². The highest BCUT2D eigenvalue weighted by molar-refractivity contribution is 6.12. The average molecular weight is 228 g/mol. The first-order valence-electron chi connectivity index (χ1n) is 5.07. The summed E-state index contributed by atoms with van der Waals surface area (Å²) in [5.74, 6) is -1.07. The molecule has 0 atom stereocenters. The molecule has 2 aromatic carbocycles. The van der Waals surface area contributed by atoms with Gasteiger partial charge in [-0.15, -0.1) is 0 Å². The minimum atomic E-state index is -0.585. The maximum Gasteiger partial charge on any atom is 0.196 e. The van der Waals surface area contributed by atoms with Crippen LogP contribution < -0.4 is 0 Å². The fraction of sp³-hybridized carbons (Fsp3) is 0. The smallest absolute Gasteiger partial charge is 0.196 e. The van der Waals surface area contributed by atoms with Crippen LogP contribution >= 0.6 is 0 Å². The van der Waals surface area contributed by atoms with Gasteiger partial charge in [0, 0.05) is 11.1 Å². The third kappa shape index (κ3) is 2.13. The van der Waals surface area contributed by atoms with E-state index in [1.165, 1.54) is 30.3 Å². The van der Waals surface area contributed by atoms with E-state index >= 15 is 0 Å². The van der Waals surface area contributed by atoms with Crippen LogP contribution in [0.5, 0.6) is 0 Å². The van der Waals surface area contributed by atoms with E-state index in [1.807, 2.05) is 0 Å². The SMILES string of the molecule is O=Cc1ccccc1C(=O)c1ccccc1F. The summed E-state index contributed by atoms with van der Waals surface area (Å²) in [5, 5.41) is 0. The number of halogens is 1. The summed E-state index contributed by atoms with van der Waals surface area (Å²) in [6.07, 6.45) is 0.591. The number of carbonyl (C=O) groups is 2. The van der Waals surface area contributed by atoms with Gasteiger partial charge in [0.25, 0.3) is 0 Å². The molecule has 0 N–H and O–H groups in total. The Labute approximate surface area is 97.7 Å². The molecule has 0 radical (unpaired) electrons. The summed E-state index contributed by atoms with van der Waals surface area (Å²) in [6, 6.07) is 12.1. The predicted molar refractivity (Wildman–Crippen MR) is 61.7 cm³/mol. The van der Waals surface area contributed by atoms with E-state index in [2.05, 4.69) is 0 Å². The number of rotatable bonds is 3. The lowest BCUT2D eigenvalue weighted by atomic mass is 9.99. The van der Waals surface area contributed by atoms with Gasteiger partial charge in [-0.1, -0.05) is 36.4 Å². The van der Waals surface area contributed by atoms with Gasteiger partial charge in [-0.25, -0.2) is 4.39 Å². The molecule has 2 nitrogen and oxygen atoms in total. The number of aldehydes is 1. The number of ketones is 1. The first-order valence-corrected chi connectivity index (χ1v) is 5.07. The molecule has 84 valence electrons. The van der Waals surface area contributed by atoms with Gasteiger partial charge in [0.15, 0.2) is 12.1 Å². The Morgan fingerprint density at radius 2 is 1.53 bits per heavy atom. The second-order valence-electron chi connectivity index (χ2n) is 3.51. The van der Waals surface area contributed by atoms with Crippen molar-refractivity contribution in [2.24, 2.45) is 0 Å². The lowest BCUT2D eigenvalue weighted by molar-refractivity contribution is 0.102. The van der Waals surface area contributed by atoms with Crippen LogP contribution in [0, 0.1) is 5.82 Å². The van der Waals surface area contributed by atoms with E-state index in [1.54, 1.807) is 18.2 Å². The Balaban J connectivity index is 2.51. The highest BCUT2D eigenvalue weighted by Gasteiger charge is 2.15. The molecular formula is C14H9FO2. The fourth-order valence-electron chi connectivity index (χ4n) is 1.60. The maximum atomic E-state index is 13.5. The van der Waals surface area contributed by atoms with Crippen LogP contribution in [0.4, 0.5) is 4.39 Å². The zero-order chi connectivity index (χ0) is 12.3. The molecule has 3 heteroatoms. The van der Waals surface area contributed by atoms with E-state index in [9.17, 15) is 14.0 Å². The van der Waals surface area contributed by atoms with E-state index in [0.29, 0.717) is 6.29 Å². The largest absolute Gasteiger partial charge is 0.298 e. The second-order valence-corrected chi connectivity index (χ2v) is 3.51. The normalized spacial score (nSPS) is 9.94. The average Bonchev–Trinajstić information content (AvgIpc) is 2.38. The van der Waals surface area contributed by atoms with Crippen molar-refractivity contribution in [1.82, 2.24) is 0 Å². The standard InChI is InChI=1S/C14H9FO2/c15-13-8-4-3-7-12(13)14(17)11-6-2-1-5-10(11)9-16/h1-9H. The van der Waals surface area contributed by atoms with Crippen molar-refractivity contribution in [2.75, 3.05) is 0 Å². The minimum absolute atomic E-state index is 0.0261. The van der Waals surface area contributed by atoms with Gasteiger partial charge in [-0.3, -0.25) is 9.59 Å². The summed E-state index contributed by atoms with van der Waals surface area (Å²) in [4.78, 5) is 22.8. The van der Waals surface area contributed by atoms with Gasteiger partial charge in [0.2, 0.25) is 0 Å². The molecule has 2 aromatic rings. The summed E-state index contributed by atoms with van der Waals surface area (Å²) < 4.78 is 13.5. The molecule has 0 fully saturated rings. The molecule has 0 aliphatic carbocycles.